The van der Waals surface area contributed by atoms with Gasteiger partial charge in [-0.3, -0.25) is 4.72 Å². The standard InChI is InChI=1S/C12H18N2O3S/c15-8-10-3-5-11(6-4-10)14-18(16,17)9-12-2-1-7-13-12/h3-6,12-15H,1-2,7-9H2. The number of nitrogens with one attached hydrogen (secondary N) is 2. The second-order valence-corrected chi connectivity index (χ2v) is 6.30. The van der Waals surface area contributed by atoms with Gasteiger partial charge in [0.15, 0.2) is 0 Å². The Balaban J connectivity index is 1.97. The number of aliphatic hydroxyl groups is 1. The van der Waals surface area contributed by atoms with Crippen LogP contribution >= 0.6 is 0 Å². The lowest BCUT2D eigenvalue weighted by Crippen LogP contribution is -2.32. The van der Waals surface area contributed by atoms with Crippen LogP contribution < -0.4 is 10.0 Å². The highest BCUT2D eigenvalue weighted by Crippen LogP contribution is 2.13. The van der Waals surface area contributed by atoms with E-state index < -0.39 is 10.0 Å². The van der Waals surface area contributed by atoms with Crippen LogP contribution in [-0.4, -0.2) is 31.9 Å². The molecular formula is C12H18N2O3S. The van der Waals surface area contributed by atoms with E-state index >= 15 is 0 Å². The van der Waals surface area contributed by atoms with Gasteiger partial charge in [-0.1, -0.05) is 12.1 Å². The summed E-state index contributed by atoms with van der Waals surface area (Å²) in [6, 6.07) is 6.77. The van der Waals surface area contributed by atoms with E-state index in [0.29, 0.717) is 5.69 Å². The molecule has 0 aromatic heterocycles. The Morgan fingerprint density at radius 1 is 1.33 bits per heavy atom. The van der Waals surface area contributed by atoms with Gasteiger partial charge < -0.3 is 10.4 Å². The zero-order chi connectivity index (χ0) is 13.0. The van der Waals surface area contributed by atoms with Crippen molar-refractivity contribution in [3.05, 3.63) is 29.8 Å². The van der Waals surface area contributed by atoms with E-state index in [1.54, 1.807) is 24.3 Å². The van der Waals surface area contributed by atoms with Gasteiger partial charge in [0.1, 0.15) is 0 Å². The Morgan fingerprint density at radius 3 is 2.61 bits per heavy atom. The molecule has 1 aliphatic rings. The van der Waals surface area contributed by atoms with Crippen molar-refractivity contribution in [1.82, 2.24) is 5.32 Å². The van der Waals surface area contributed by atoms with E-state index in [9.17, 15) is 8.42 Å². The van der Waals surface area contributed by atoms with Crippen molar-refractivity contribution in [1.29, 1.82) is 0 Å². The molecule has 0 amide bonds. The van der Waals surface area contributed by atoms with Gasteiger partial charge in [-0.15, -0.1) is 0 Å². The molecule has 6 heteroatoms. The van der Waals surface area contributed by atoms with E-state index in [1.807, 2.05) is 0 Å². The predicted molar refractivity (Wildman–Crippen MR) is 70.8 cm³/mol. The molecular weight excluding hydrogens is 252 g/mol. The minimum atomic E-state index is -3.31. The Kier molecular flexibility index (Phi) is 4.21. The summed E-state index contributed by atoms with van der Waals surface area (Å²) in [5.74, 6) is 0.106. The lowest BCUT2D eigenvalue weighted by molar-refractivity contribution is 0.282. The van der Waals surface area contributed by atoms with Gasteiger partial charge in [0, 0.05) is 11.7 Å². The summed E-state index contributed by atoms with van der Waals surface area (Å²) in [6.07, 6.45) is 1.94. The number of rotatable bonds is 5. The third kappa shape index (κ3) is 3.69. The maximum absolute atomic E-state index is 11.9. The third-order valence-corrected chi connectivity index (χ3v) is 4.38. The average Bonchev–Trinajstić information content (AvgIpc) is 2.81. The largest absolute Gasteiger partial charge is 0.392 e. The molecule has 100 valence electrons. The zero-order valence-corrected chi connectivity index (χ0v) is 10.9. The smallest absolute Gasteiger partial charge is 0.234 e. The van der Waals surface area contributed by atoms with Crippen molar-refractivity contribution < 1.29 is 13.5 Å². The summed E-state index contributed by atoms with van der Waals surface area (Å²) in [6.45, 7) is 0.852. The molecule has 0 bridgehead atoms. The quantitative estimate of drug-likeness (QED) is 0.735. The maximum Gasteiger partial charge on any atom is 0.234 e. The van der Waals surface area contributed by atoms with Crippen LogP contribution in [0.3, 0.4) is 0 Å². The van der Waals surface area contributed by atoms with E-state index in [0.717, 1.165) is 24.9 Å². The molecule has 2 rings (SSSR count). The summed E-state index contributed by atoms with van der Waals surface area (Å²) >= 11 is 0. The summed E-state index contributed by atoms with van der Waals surface area (Å²) in [4.78, 5) is 0. The van der Waals surface area contributed by atoms with E-state index in [4.69, 9.17) is 5.11 Å². The number of aliphatic hydroxyl groups excluding tert-OH is 1. The normalized spacial score (nSPS) is 19.9. The van der Waals surface area contributed by atoms with E-state index in [2.05, 4.69) is 10.0 Å². The number of benzene rings is 1. The second kappa shape index (κ2) is 5.69. The molecule has 1 saturated heterocycles. The van der Waals surface area contributed by atoms with Crippen LogP contribution in [0.25, 0.3) is 0 Å². The predicted octanol–water partition coefficient (Wildman–Crippen LogP) is 0.673. The molecule has 1 fully saturated rings. The molecule has 1 aliphatic heterocycles. The Morgan fingerprint density at radius 2 is 2.06 bits per heavy atom. The van der Waals surface area contributed by atoms with Gasteiger partial charge in [0.25, 0.3) is 0 Å². The molecule has 1 atom stereocenters. The fourth-order valence-corrected chi connectivity index (χ4v) is 3.46. The first-order valence-electron chi connectivity index (χ1n) is 6.03. The minimum absolute atomic E-state index is 0.0426. The van der Waals surface area contributed by atoms with Crippen LogP contribution in [0.15, 0.2) is 24.3 Å². The number of anilines is 1. The Labute approximate surface area is 107 Å². The summed E-state index contributed by atoms with van der Waals surface area (Å²) in [5.41, 5.74) is 1.29. The van der Waals surface area contributed by atoms with Crippen LogP contribution in [0.1, 0.15) is 18.4 Å². The van der Waals surface area contributed by atoms with E-state index in [-0.39, 0.29) is 18.4 Å². The first-order chi connectivity index (χ1) is 8.59. The van der Waals surface area contributed by atoms with Crippen molar-refractivity contribution in [3.63, 3.8) is 0 Å². The average molecular weight is 270 g/mol. The lowest BCUT2D eigenvalue weighted by atomic mass is 10.2. The first-order valence-corrected chi connectivity index (χ1v) is 7.68. The molecule has 0 spiro atoms. The molecule has 0 radical (unpaired) electrons. The van der Waals surface area contributed by atoms with Gasteiger partial charge in [-0.05, 0) is 37.1 Å². The number of hydrogen-bond acceptors (Lipinski definition) is 4. The maximum atomic E-state index is 11.9. The molecule has 0 aliphatic carbocycles. The molecule has 1 aromatic carbocycles. The number of hydrogen-bond donors (Lipinski definition) is 3. The summed E-state index contributed by atoms with van der Waals surface area (Å²) in [7, 11) is -3.31. The van der Waals surface area contributed by atoms with E-state index in [1.165, 1.54) is 0 Å². The molecule has 0 saturated carbocycles. The van der Waals surface area contributed by atoms with Crippen molar-refractivity contribution in [3.8, 4) is 0 Å². The van der Waals surface area contributed by atoms with Gasteiger partial charge in [0.2, 0.25) is 10.0 Å². The Hall–Kier alpha value is -1.11. The van der Waals surface area contributed by atoms with Crippen molar-refractivity contribution in [2.45, 2.75) is 25.5 Å². The van der Waals surface area contributed by atoms with Crippen molar-refractivity contribution in [2.24, 2.45) is 0 Å². The fraction of sp³-hybridized carbons (Fsp3) is 0.500. The monoisotopic (exact) mass is 270 g/mol. The third-order valence-electron chi connectivity index (χ3n) is 2.99. The molecule has 1 heterocycles. The van der Waals surface area contributed by atoms with Crippen LogP contribution in [0.2, 0.25) is 0 Å². The van der Waals surface area contributed by atoms with Crippen molar-refractivity contribution in [2.75, 3.05) is 17.0 Å². The highest BCUT2D eigenvalue weighted by atomic mass is 32.2. The van der Waals surface area contributed by atoms with Gasteiger partial charge in [0.05, 0.1) is 12.4 Å². The van der Waals surface area contributed by atoms with Crippen LogP contribution in [0, 0.1) is 0 Å². The molecule has 5 nitrogen and oxygen atoms in total. The highest BCUT2D eigenvalue weighted by molar-refractivity contribution is 7.92. The molecule has 1 unspecified atom stereocenters. The molecule has 1 aromatic rings. The number of sulfonamides is 1. The zero-order valence-electron chi connectivity index (χ0n) is 10.1. The SMILES string of the molecule is O=S(=O)(CC1CCCN1)Nc1ccc(CO)cc1. The molecule has 3 N–H and O–H groups in total. The van der Waals surface area contributed by atoms with Crippen LogP contribution in [-0.2, 0) is 16.6 Å². The highest BCUT2D eigenvalue weighted by Gasteiger charge is 2.21. The molecule has 18 heavy (non-hydrogen) atoms. The summed E-state index contributed by atoms with van der Waals surface area (Å²) in [5, 5.41) is 12.1. The topological polar surface area (TPSA) is 78.4 Å². The summed E-state index contributed by atoms with van der Waals surface area (Å²) < 4.78 is 26.4. The van der Waals surface area contributed by atoms with Gasteiger partial charge >= 0.3 is 0 Å². The van der Waals surface area contributed by atoms with Gasteiger partial charge in [-0.2, -0.15) is 0 Å². The second-order valence-electron chi connectivity index (χ2n) is 4.53. The van der Waals surface area contributed by atoms with Crippen LogP contribution in [0.5, 0.6) is 0 Å². The minimum Gasteiger partial charge on any atom is -0.392 e. The Bertz CT molecular complexity index is 479. The fourth-order valence-electron chi connectivity index (χ4n) is 2.06. The lowest BCUT2D eigenvalue weighted by Gasteiger charge is -2.12. The first kappa shape index (κ1) is 13.3. The van der Waals surface area contributed by atoms with Crippen LogP contribution in [0.4, 0.5) is 5.69 Å². The van der Waals surface area contributed by atoms with Gasteiger partial charge in [-0.25, -0.2) is 8.42 Å². The van der Waals surface area contributed by atoms with Crippen molar-refractivity contribution >= 4 is 15.7 Å².